The maximum Gasteiger partial charge on any atom is 0.264 e. The highest BCUT2D eigenvalue weighted by Crippen LogP contribution is 2.28. The predicted octanol–water partition coefficient (Wildman–Crippen LogP) is 5.59. The third kappa shape index (κ3) is 6.74. The lowest BCUT2D eigenvalue weighted by atomic mass is 9.97. The van der Waals surface area contributed by atoms with Crippen LogP contribution in [-0.2, 0) is 14.8 Å². The fourth-order valence-corrected chi connectivity index (χ4v) is 5.24. The Morgan fingerprint density at radius 2 is 1.71 bits per heavy atom. The molecule has 0 heterocycles. The van der Waals surface area contributed by atoms with Gasteiger partial charge in [0.2, 0.25) is 5.91 Å². The fraction of sp³-hybridized carbons (Fsp3) is 0.269. The van der Waals surface area contributed by atoms with Crippen molar-refractivity contribution >= 4 is 33.2 Å². The van der Waals surface area contributed by atoms with Crippen molar-refractivity contribution in [2.24, 2.45) is 5.92 Å². The zero-order valence-corrected chi connectivity index (χ0v) is 21.3. The van der Waals surface area contributed by atoms with Gasteiger partial charge in [0.1, 0.15) is 18.1 Å². The van der Waals surface area contributed by atoms with E-state index in [-0.39, 0.29) is 27.6 Å². The molecule has 186 valence electrons. The number of nitrogens with zero attached hydrogens (tertiary/aromatic N) is 1. The maximum atomic E-state index is 13.8. The number of anilines is 1. The van der Waals surface area contributed by atoms with Crippen molar-refractivity contribution in [1.29, 1.82) is 0 Å². The number of carbonyl (C=O) groups excluding carboxylic acids is 1. The second-order valence-corrected chi connectivity index (χ2v) is 10.7. The Balaban J connectivity index is 1.93. The van der Waals surface area contributed by atoms with E-state index in [2.05, 4.69) is 5.32 Å². The molecule has 6 nitrogen and oxygen atoms in total. The van der Waals surface area contributed by atoms with Crippen LogP contribution in [0.1, 0.15) is 31.9 Å². The van der Waals surface area contributed by atoms with Gasteiger partial charge in [0.25, 0.3) is 10.0 Å². The lowest BCUT2D eigenvalue weighted by Crippen LogP contribution is -2.42. The lowest BCUT2D eigenvalue weighted by molar-refractivity contribution is -0.120. The normalized spacial score (nSPS) is 12.3. The average molecular weight is 519 g/mol. The highest BCUT2D eigenvalue weighted by molar-refractivity contribution is 7.92. The summed E-state index contributed by atoms with van der Waals surface area (Å²) in [5.74, 6) is -0.237. The van der Waals surface area contributed by atoms with Crippen molar-refractivity contribution in [2.75, 3.05) is 18.0 Å². The van der Waals surface area contributed by atoms with E-state index in [4.69, 9.17) is 16.3 Å². The van der Waals surface area contributed by atoms with Crippen LogP contribution in [0.15, 0.2) is 77.7 Å². The number of halogens is 2. The highest BCUT2D eigenvalue weighted by atomic mass is 35.5. The number of benzene rings is 3. The van der Waals surface area contributed by atoms with Crippen LogP contribution in [0, 0.1) is 11.7 Å². The van der Waals surface area contributed by atoms with E-state index in [9.17, 15) is 17.6 Å². The Morgan fingerprint density at radius 1 is 1.06 bits per heavy atom. The molecule has 9 heteroatoms. The molecule has 3 rings (SSSR count). The van der Waals surface area contributed by atoms with Crippen LogP contribution >= 0.6 is 11.6 Å². The molecule has 35 heavy (non-hydrogen) atoms. The molecule has 0 aliphatic carbocycles. The summed E-state index contributed by atoms with van der Waals surface area (Å²) in [5.41, 5.74) is 0.954. The first-order chi connectivity index (χ1) is 16.6. The summed E-state index contributed by atoms with van der Waals surface area (Å²) in [4.78, 5) is 13.2. The number of nitrogens with one attached hydrogen (secondary N) is 1. The maximum absolute atomic E-state index is 13.8. The summed E-state index contributed by atoms with van der Waals surface area (Å²) >= 11 is 5.93. The minimum absolute atomic E-state index is 0.00197. The molecule has 0 spiro atoms. The quantitative estimate of drug-likeness (QED) is 0.380. The van der Waals surface area contributed by atoms with Gasteiger partial charge in [0.05, 0.1) is 28.8 Å². The zero-order valence-electron chi connectivity index (χ0n) is 19.7. The third-order valence-corrected chi connectivity index (χ3v) is 7.45. The SMILES string of the molecule is COc1ccc([C@@H](CC(C)C)NC(=O)CN(c2ccc(F)c(Cl)c2)S(=O)(=O)c2ccccc2)cc1. The molecule has 3 aromatic carbocycles. The minimum Gasteiger partial charge on any atom is -0.497 e. The van der Waals surface area contributed by atoms with E-state index in [0.29, 0.717) is 12.2 Å². The van der Waals surface area contributed by atoms with Gasteiger partial charge in [-0.15, -0.1) is 0 Å². The minimum atomic E-state index is -4.14. The number of sulfonamides is 1. The van der Waals surface area contributed by atoms with Gasteiger partial charge in [-0.2, -0.15) is 0 Å². The van der Waals surface area contributed by atoms with Crippen LogP contribution in [0.25, 0.3) is 0 Å². The van der Waals surface area contributed by atoms with E-state index < -0.39 is 28.3 Å². The van der Waals surface area contributed by atoms with Crippen molar-refractivity contribution in [3.8, 4) is 5.75 Å². The number of ether oxygens (including phenoxy) is 1. The van der Waals surface area contributed by atoms with Crippen molar-refractivity contribution in [2.45, 2.75) is 31.2 Å². The van der Waals surface area contributed by atoms with E-state index in [1.807, 2.05) is 38.1 Å². The van der Waals surface area contributed by atoms with Gasteiger partial charge in [-0.1, -0.05) is 55.8 Å². The number of amides is 1. The van der Waals surface area contributed by atoms with Crippen LogP contribution in [0.3, 0.4) is 0 Å². The Hall–Kier alpha value is -3.10. The van der Waals surface area contributed by atoms with E-state index >= 15 is 0 Å². The third-order valence-electron chi connectivity index (χ3n) is 5.37. The van der Waals surface area contributed by atoms with Gasteiger partial charge in [-0.05, 0) is 60.4 Å². The van der Waals surface area contributed by atoms with Gasteiger partial charge in [-0.3, -0.25) is 9.10 Å². The van der Waals surface area contributed by atoms with Crippen LogP contribution in [0.4, 0.5) is 10.1 Å². The topological polar surface area (TPSA) is 75.7 Å². The fourth-order valence-electron chi connectivity index (χ4n) is 3.63. The van der Waals surface area contributed by atoms with Crippen molar-refractivity contribution in [3.05, 3.63) is 89.2 Å². The number of methoxy groups -OCH3 is 1. The van der Waals surface area contributed by atoms with Crippen LogP contribution in [0.5, 0.6) is 5.75 Å². The number of rotatable bonds is 10. The largest absolute Gasteiger partial charge is 0.497 e. The Morgan fingerprint density at radius 3 is 2.29 bits per heavy atom. The van der Waals surface area contributed by atoms with E-state index in [1.54, 1.807) is 25.3 Å². The molecule has 0 saturated heterocycles. The predicted molar refractivity (Wildman–Crippen MR) is 136 cm³/mol. The van der Waals surface area contributed by atoms with Gasteiger partial charge < -0.3 is 10.1 Å². The molecular formula is C26H28ClFN2O4S. The molecule has 1 amide bonds. The van der Waals surface area contributed by atoms with Gasteiger partial charge >= 0.3 is 0 Å². The molecule has 0 aliphatic heterocycles. The zero-order chi connectivity index (χ0) is 25.6. The smallest absolute Gasteiger partial charge is 0.264 e. The molecule has 0 unspecified atom stereocenters. The number of carbonyl (C=O) groups is 1. The van der Waals surface area contributed by atoms with Crippen LogP contribution < -0.4 is 14.4 Å². The molecular weight excluding hydrogens is 491 g/mol. The molecule has 0 fully saturated rings. The van der Waals surface area contributed by atoms with Crippen molar-refractivity contribution in [3.63, 3.8) is 0 Å². The Labute approximate surface area is 210 Å². The summed E-state index contributed by atoms with van der Waals surface area (Å²) in [6.07, 6.45) is 0.645. The molecule has 3 aromatic rings. The summed E-state index contributed by atoms with van der Waals surface area (Å²) in [6, 6.07) is 18.3. The second-order valence-electron chi connectivity index (χ2n) is 8.45. The number of hydrogen-bond donors (Lipinski definition) is 1. The highest BCUT2D eigenvalue weighted by Gasteiger charge is 2.28. The van der Waals surface area contributed by atoms with E-state index in [0.717, 1.165) is 15.9 Å². The van der Waals surface area contributed by atoms with Crippen molar-refractivity contribution < 1.29 is 22.3 Å². The Kier molecular flexibility index (Phi) is 8.75. The van der Waals surface area contributed by atoms with Gasteiger partial charge in [0.15, 0.2) is 0 Å². The van der Waals surface area contributed by atoms with E-state index in [1.165, 1.54) is 24.3 Å². The standard InChI is InChI=1S/C26H28ClFN2O4S/c1-18(2)15-25(19-9-12-21(34-3)13-10-19)29-26(31)17-30(20-11-14-24(28)23(27)16-20)35(32,33)22-7-5-4-6-8-22/h4-14,16,18,25H,15,17H2,1-3H3,(H,29,31)/t25-/m1/s1. The molecule has 0 saturated carbocycles. The summed E-state index contributed by atoms with van der Waals surface area (Å²) in [6.45, 7) is 3.56. The lowest BCUT2D eigenvalue weighted by Gasteiger charge is -2.27. The molecule has 0 bridgehead atoms. The summed E-state index contributed by atoms with van der Waals surface area (Å²) < 4.78 is 46.9. The first kappa shape index (κ1) is 26.5. The molecule has 1 atom stereocenters. The van der Waals surface area contributed by atoms with Gasteiger partial charge in [-0.25, -0.2) is 12.8 Å². The first-order valence-electron chi connectivity index (χ1n) is 11.1. The van der Waals surface area contributed by atoms with Crippen molar-refractivity contribution in [1.82, 2.24) is 5.32 Å². The first-order valence-corrected chi connectivity index (χ1v) is 12.9. The van der Waals surface area contributed by atoms with Crippen LogP contribution in [-0.4, -0.2) is 28.0 Å². The monoisotopic (exact) mass is 518 g/mol. The van der Waals surface area contributed by atoms with Gasteiger partial charge in [0, 0.05) is 0 Å². The average Bonchev–Trinajstić information content (AvgIpc) is 2.84. The number of hydrogen-bond acceptors (Lipinski definition) is 4. The van der Waals surface area contributed by atoms with Crippen LogP contribution in [0.2, 0.25) is 5.02 Å². The Bertz CT molecular complexity index is 1250. The summed E-state index contributed by atoms with van der Waals surface area (Å²) in [7, 11) is -2.56. The second kappa shape index (κ2) is 11.6. The summed E-state index contributed by atoms with van der Waals surface area (Å²) in [5, 5.41) is 2.72. The molecule has 0 radical (unpaired) electrons. The molecule has 1 N–H and O–H groups in total. The molecule has 0 aromatic heterocycles. The molecule has 0 aliphatic rings.